The molecule has 3 N–H and O–H groups in total. The van der Waals surface area contributed by atoms with Gasteiger partial charge in [0.1, 0.15) is 36.1 Å². The quantitative estimate of drug-likeness (QED) is 0.0435. The number of alkyl halides is 3. The number of anilines is 4. The second kappa shape index (κ2) is 25.9. The summed E-state index contributed by atoms with van der Waals surface area (Å²) < 4.78 is 62.9. The second-order valence-electron chi connectivity index (χ2n) is 14.7. The number of ether oxygens (including phenoxy) is 5. The first-order chi connectivity index (χ1) is 33.5. The molecule has 358 valence electrons. The van der Waals surface area contributed by atoms with Crippen LogP contribution in [0.5, 0.6) is 17.2 Å². The first kappa shape index (κ1) is 50.6. The SMILES string of the molecule is C#Cc1cccc(Nc2ncnc3cc(OCCOC)c(OCCOC)cc23)c1.O=C(Cc1cccc(OC(F)(F)F)c1)Nc1ccc(CCCCc2nnc(NC(=O)Cc3ccccn3)s2)nn1. The highest BCUT2D eigenvalue weighted by molar-refractivity contribution is 7.15. The Labute approximate surface area is 399 Å². The van der Waals surface area contributed by atoms with Crippen LogP contribution in [0.15, 0.2) is 104 Å². The highest BCUT2D eigenvalue weighted by Crippen LogP contribution is 2.35. The fourth-order valence-electron chi connectivity index (χ4n) is 6.29. The normalized spacial score (nSPS) is 10.9. The third-order valence-electron chi connectivity index (χ3n) is 9.42. The molecule has 69 heavy (non-hydrogen) atoms. The summed E-state index contributed by atoms with van der Waals surface area (Å²) in [5, 5.41) is 26.9. The summed E-state index contributed by atoms with van der Waals surface area (Å²) in [7, 11) is 3.25. The summed E-state index contributed by atoms with van der Waals surface area (Å²) in [6, 6.07) is 25.2. The van der Waals surface area contributed by atoms with Gasteiger partial charge in [0, 0.05) is 55.2 Å². The number of nitrogens with zero attached hydrogens (tertiary/aromatic N) is 7. The first-order valence-electron chi connectivity index (χ1n) is 21.3. The smallest absolute Gasteiger partial charge is 0.487 e. The van der Waals surface area contributed by atoms with Crippen molar-refractivity contribution in [1.82, 2.24) is 35.3 Å². The molecule has 0 saturated carbocycles. The predicted octanol–water partition coefficient (Wildman–Crippen LogP) is 7.95. The maximum absolute atomic E-state index is 12.4. The third-order valence-corrected chi connectivity index (χ3v) is 10.3. The molecule has 0 radical (unpaired) electrons. The summed E-state index contributed by atoms with van der Waals surface area (Å²) in [6.07, 6.45) is 6.84. The van der Waals surface area contributed by atoms with Crippen molar-refractivity contribution in [3.63, 3.8) is 0 Å². The molecule has 0 saturated heterocycles. The molecule has 0 aliphatic rings. The van der Waals surface area contributed by atoms with Crippen LogP contribution in [0.25, 0.3) is 10.9 Å². The van der Waals surface area contributed by atoms with Gasteiger partial charge in [-0.2, -0.15) is 5.10 Å². The molecular formula is C48H47F3N10O7S. The number of hydrogen-bond donors (Lipinski definition) is 3. The van der Waals surface area contributed by atoms with Gasteiger partial charge in [-0.25, -0.2) is 9.97 Å². The molecule has 2 amide bonds. The van der Waals surface area contributed by atoms with Gasteiger partial charge in [-0.1, -0.05) is 41.5 Å². The molecule has 0 bridgehead atoms. The Morgan fingerprint density at radius 1 is 0.725 bits per heavy atom. The van der Waals surface area contributed by atoms with Gasteiger partial charge in [0.25, 0.3) is 0 Å². The van der Waals surface area contributed by atoms with Gasteiger partial charge in [0.2, 0.25) is 16.9 Å². The van der Waals surface area contributed by atoms with Crippen LogP contribution in [0, 0.1) is 12.3 Å². The lowest BCUT2D eigenvalue weighted by molar-refractivity contribution is -0.274. The van der Waals surface area contributed by atoms with E-state index in [1.54, 1.807) is 44.7 Å². The molecule has 17 nitrogen and oxygen atoms in total. The number of halogens is 3. The van der Waals surface area contributed by atoms with Crippen LogP contribution in [0.1, 0.15) is 40.4 Å². The van der Waals surface area contributed by atoms with Crippen molar-refractivity contribution in [2.75, 3.05) is 56.6 Å². The highest BCUT2D eigenvalue weighted by atomic mass is 32.1. The Hall–Kier alpha value is -7.80. The van der Waals surface area contributed by atoms with Gasteiger partial charge in [0.05, 0.1) is 37.3 Å². The molecule has 21 heteroatoms. The van der Waals surface area contributed by atoms with Crippen LogP contribution >= 0.6 is 11.3 Å². The van der Waals surface area contributed by atoms with E-state index in [1.165, 1.54) is 29.8 Å². The maximum atomic E-state index is 12.4. The lowest BCUT2D eigenvalue weighted by atomic mass is 10.1. The Balaban J connectivity index is 0.000000239. The van der Waals surface area contributed by atoms with Gasteiger partial charge in [-0.3, -0.25) is 14.6 Å². The minimum Gasteiger partial charge on any atom is -0.487 e. The van der Waals surface area contributed by atoms with Crippen LogP contribution in [0.2, 0.25) is 0 Å². The summed E-state index contributed by atoms with van der Waals surface area (Å²) >= 11 is 1.33. The number of methoxy groups -OCH3 is 2. The molecule has 0 unspecified atom stereocenters. The maximum Gasteiger partial charge on any atom is 0.573 e. The average molecular weight is 965 g/mol. The number of aromatic nitrogens is 7. The monoisotopic (exact) mass is 964 g/mol. The number of terminal acetylenes is 1. The van der Waals surface area contributed by atoms with Gasteiger partial charge >= 0.3 is 6.36 Å². The van der Waals surface area contributed by atoms with Crippen molar-refractivity contribution in [3.8, 4) is 29.6 Å². The minimum atomic E-state index is -4.81. The average Bonchev–Trinajstić information content (AvgIpc) is 3.78. The van der Waals surface area contributed by atoms with E-state index in [2.05, 4.69) is 62.0 Å². The fourth-order valence-corrected chi connectivity index (χ4v) is 7.08. The standard InChI is InChI=1S/C26H24F3N7O3S.C22H23N3O4/c27-26(28,29)39-20-9-5-6-17(14-20)15-22(37)31-21-12-11-18(33-34-21)7-1-2-10-24-35-36-25(40-24)32-23(38)16-19-8-3-4-13-30-19;1-4-16-6-5-7-17(12-16)25-22-18-13-20(28-10-8-26-2)21(29-11-9-27-3)14-19(18)23-15-24-22/h3-6,8-9,11-14H,1-2,7,10,15-16H2,(H,31,34,37)(H,32,36,38);1,5-7,12-15H,8-11H2,2-3H3,(H,23,24,25). The molecule has 7 aromatic rings. The Morgan fingerprint density at radius 2 is 1.49 bits per heavy atom. The van der Waals surface area contributed by atoms with Gasteiger partial charge in [-0.15, -0.1) is 34.9 Å². The van der Waals surface area contributed by atoms with Crippen molar-refractivity contribution in [2.45, 2.75) is 44.9 Å². The number of unbranched alkanes of at least 4 members (excludes halogenated alkanes) is 1. The zero-order valence-electron chi connectivity index (χ0n) is 37.5. The number of aryl methyl sites for hydroxylation is 2. The number of amides is 2. The summed E-state index contributed by atoms with van der Waals surface area (Å²) in [5.74, 6) is 3.64. The van der Waals surface area contributed by atoms with E-state index in [4.69, 9.17) is 25.4 Å². The van der Waals surface area contributed by atoms with Crippen LogP contribution < -0.4 is 30.2 Å². The largest absolute Gasteiger partial charge is 0.573 e. The molecule has 0 aliphatic carbocycles. The topological polar surface area (TPSA) is 207 Å². The predicted molar refractivity (Wildman–Crippen MR) is 253 cm³/mol. The number of carbonyl (C=O) groups is 2. The minimum absolute atomic E-state index is 0.153. The molecule has 0 spiro atoms. The van der Waals surface area contributed by atoms with E-state index in [9.17, 15) is 22.8 Å². The zero-order valence-corrected chi connectivity index (χ0v) is 38.3. The van der Waals surface area contributed by atoms with E-state index in [0.29, 0.717) is 73.0 Å². The molecule has 0 atom stereocenters. The molecule has 4 aromatic heterocycles. The first-order valence-corrected chi connectivity index (χ1v) is 22.1. The van der Waals surface area contributed by atoms with E-state index in [0.717, 1.165) is 57.8 Å². The molecule has 7 rings (SSSR count). The van der Waals surface area contributed by atoms with E-state index in [1.807, 2.05) is 42.5 Å². The Bertz CT molecular complexity index is 2800. The molecule has 4 heterocycles. The highest BCUT2D eigenvalue weighted by Gasteiger charge is 2.31. The number of carbonyl (C=O) groups excluding carboxylic acids is 2. The van der Waals surface area contributed by atoms with E-state index < -0.39 is 18.0 Å². The second-order valence-corrected chi connectivity index (χ2v) is 15.7. The van der Waals surface area contributed by atoms with Crippen molar-refractivity contribution < 1.29 is 46.4 Å². The van der Waals surface area contributed by atoms with Gasteiger partial charge < -0.3 is 39.6 Å². The third kappa shape index (κ3) is 17.1. The fraction of sp³-hybridized carbons (Fsp3) is 0.271. The molecule has 0 aliphatic heterocycles. The van der Waals surface area contributed by atoms with Crippen molar-refractivity contribution in [1.29, 1.82) is 0 Å². The number of hydrogen-bond acceptors (Lipinski definition) is 16. The summed E-state index contributed by atoms with van der Waals surface area (Å²) in [5.41, 5.74) is 4.12. The van der Waals surface area contributed by atoms with Gasteiger partial charge in [0.15, 0.2) is 17.3 Å². The summed E-state index contributed by atoms with van der Waals surface area (Å²) in [6.45, 7) is 1.73. The van der Waals surface area contributed by atoms with Crippen molar-refractivity contribution >= 4 is 56.5 Å². The van der Waals surface area contributed by atoms with Crippen LogP contribution in [0.3, 0.4) is 0 Å². The van der Waals surface area contributed by atoms with E-state index >= 15 is 0 Å². The zero-order chi connectivity index (χ0) is 48.9. The number of fused-ring (bicyclic) bond motifs is 1. The van der Waals surface area contributed by atoms with Crippen molar-refractivity contribution in [2.24, 2.45) is 0 Å². The van der Waals surface area contributed by atoms with Crippen molar-refractivity contribution in [3.05, 3.63) is 131 Å². The van der Waals surface area contributed by atoms with Crippen LogP contribution in [-0.4, -0.2) is 94.2 Å². The van der Waals surface area contributed by atoms with Crippen LogP contribution in [0.4, 0.5) is 35.6 Å². The van der Waals surface area contributed by atoms with Crippen LogP contribution in [-0.2, 0) is 44.7 Å². The number of pyridine rings is 1. The number of nitrogens with one attached hydrogen (secondary N) is 3. The number of rotatable bonds is 22. The molecule has 0 fully saturated rings. The lowest BCUT2D eigenvalue weighted by Crippen LogP contribution is -2.18. The Morgan fingerprint density at radius 3 is 2.22 bits per heavy atom. The Kier molecular flexibility index (Phi) is 19.0. The van der Waals surface area contributed by atoms with E-state index in [-0.39, 0.29) is 24.6 Å². The lowest BCUT2D eigenvalue weighted by Gasteiger charge is -2.15. The molecule has 3 aromatic carbocycles. The number of benzene rings is 3. The summed E-state index contributed by atoms with van der Waals surface area (Å²) in [4.78, 5) is 37.3. The van der Waals surface area contributed by atoms with Gasteiger partial charge in [-0.05, 0) is 85.5 Å². The molecular weight excluding hydrogens is 918 g/mol.